The van der Waals surface area contributed by atoms with E-state index in [9.17, 15) is 0 Å². The average Bonchev–Trinajstić information content (AvgIpc) is 2.00. The van der Waals surface area contributed by atoms with Crippen molar-refractivity contribution in [2.45, 2.75) is 59.4 Å². The van der Waals surface area contributed by atoms with Crippen LogP contribution in [0, 0.1) is 5.92 Å². The average molecular weight is 169 g/mol. The van der Waals surface area contributed by atoms with Crippen LogP contribution in [0.2, 0.25) is 0 Å². The van der Waals surface area contributed by atoms with Gasteiger partial charge in [-0.1, -0.05) is 33.1 Å². The van der Waals surface area contributed by atoms with Crippen LogP contribution < -0.4 is 0 Å². The predicted molar refractivity (Wildman–Crippen MR) is 56.9 cm³/mol. The molecule has 0 aliphatic carbocycles. The van der Waals surface area contributed by atoms with Crippen LogP contribution in [0.5, 0.6) is 0 Å². The number of aliphatic imine (C=N–C) groups is 1. The normalized spacial score (nSPS) is 14.4. The first-order valence-corrected chi connectivity index (χ1v) is 5.18. The summed E-state index contributed by atoms with van der Waals surface area (Å²) in [5.41, 5.74) is 0. The molecule has 0 amide bonds. The van der Waals surface area contributed by atoms with E-state index in [2.05, 4.69) is 38.9 Å². The van der Waals surface area contributed by atoms with Crippen LogP contribution in [0.1, 0.15) is 53.4 Å². The first kappa shape index (κ1) is 11.7. The number of rotatable bonds is 6. The summed E-state index contributed by atoms with van der Waals surface area (Å²) in [5.74, 6) is 0.812. The standard InChI is InChI=1S/C11H23N/c1-5-6-7-11(4)8-9-12-10(2)3/h9-11H,5-8H2,1-4H3. The van der Waals surface area contributed by atoms with Crippen molar-refractivity contribution in [3.05, 3.63) is 0 Å². The van der Waals surface area contributed by atoms with E-state index in [1.54, 1.807) is 0 Å². The Bertz CT molecular complexity index is 116. The summed E-state index contributed by atoms with van der Waals surface area (Å²) in [4.78, 5) is 4.35. The Morgan fingerprint density at radius 1 is 1.25 bits per heavy atom. The molecule has 72 valence electrons. The van der Waals surface area contributed by atoms with Gasteiger partial charge in [-0.25, -0.2) is 0 Å². The van der Waals surface area contributed by atoms with Crippen molar-refractivity contribution >= 4 is 6.21 Å². The summed E-state index contributed by atoms with van der Waals surface area (Å²) in [5, 5.41) is 0. The first-order chi connectivity index (χ1) is 5.66. The quantitative estimate of drug-likeness (QED) is 0.538. The van der Waals surface area contributed by atoms with Gasteiger partial charge in [-0.3, -0.25) is 4.99 Å². The minimum absolute atomic E-state index is 0.461. The van der Waals surface area contributed by atoms with Crippen molar-refractivity contribution in [3.63, 3.8) is 0 Å². The molecule has 0 N–H and O–H groups in total. The van der Waals surface area contributed by atoms with Crippen LogP contribution in [0.25, 0.3) is 0 Å². The van der Waals surface area contributed by atoms with Gasteiger partial charge < -0.3 is 0 Å². The molecule has 0 saturated heterocycles. The van der Waals surface area contributed by atoms with E-state index in [0.29, 0.717) is 6.04 Å². The summed E-state index contributed by atoms with van der Waals surface area (Å²) in [6, 6.07) is 0.461. The lowest BCUT2D eigenvalue weighted by Crippen LogP contribution is -1.97. The second-order valence-electron chi connectivity index (χ2n) is 3.91. The van der Waals surface area contributed by atoms with E-state index in [1.807, 2.05) is 0 Å². The van der Waals surface area contributed by atoms with Gasteiger partial charge in [-0.05, 0) is 32.4 Å². The molecule has 0 rings (SSSR count). The van der Waals surface area contributed by atoms with Gasteiger partial charge in [0.25, 0.3) is 0 Å². The van der Waals surface area contributed by atoms with Gasteiger partial charge in [0.2, 0.25) is 0 Å². The molecule has 0 aromatic heterocycles. The van der Waals surface area contributed by atoms with Crippen LogP contribution in [0.15, 0.2) is 4.99 Å². The lowest BCUT2D eigenvalue weighted by Gasteiger charge is -2.06. The van der Waals surface area contributed by atoms with Gasteiger partial charge in [0, 0.05) is 6.04 Å². The van der Waals surface area contributed by atoms with Gasteiger partial charge in [0.15, 0.2) is 0 Å². The smallest absolute Gasteiger partial charge is 0.0439 e. The van der Waals surface area contributed by atoms with Crippen molar-refractivity contribution in [2.75, 3.05) is 0 Å². The topological polar surface area (TPSA) is 12.4 Å². The summed E-state index contributed by atoms with van der Waals surface area (Å²) in [7, 11) is 0. The summed E-state index contributed by atoms with van der Waals surface area (Å²) < 4.78 is 0. The molecule has 1 atom stereocenters. The van der Waals surface area contributed by atoms with Crippen molar-refractivity contribution in [1.82, 2.24) is 0 Å². The third-order valence-corrected chi connectivity index (χ3v) is 1.96. The van der Waals surface area contributed by atoms with Crippen LogP contribution in [0.4, 0.5) is 0 Å². The molecule has 0 fully saturated rings. The Labute approximate surface area is 77.3 Å². The molecule has 1 nitrogen and oxygen atoms in total. The second-order valence-corrected chi connectivity index (χ2v) is 3.91. The number of nitrogens with zero attached hydrogens (tertiary/aromatic N) is 1. The molecule has 0 saturated carbocycles. The van der Waals surface area contributed by atoms with E-state index in [-0.39, 0.29) is 0 Å². The zero-order chi connectivity index (χ0) is 9.40. The molecule has 12 heavy (non-hydrogen) atoms. The van der Waals surface area contributed by atoms with Gasteiger partial charge >= 0.3 is 0 Å². The molecule has 0 radical (unpaired) electrons. The first-order valence-electron chi connectivity index (χ1n) is 5.18. The number of hydrogen-bond donors (Lipinski definition) is 0. The Balaban J connectivity index is 3.36. The molecule has 1 heteroatoms. The summed E-state index contributed by atoms with van der Waals surface area (Å²) >= 11 is 0. The van der Waals surface area contributed by atoms with Crippen LogP contribution in [-0.4, -0.2) is 12.3 Å². The van der Waals surface area contributed by atoms with E-state index >= 15 is 0 Å². The fourth-order valence-electron chi connectivity index (χ4n) is 1.12. The largest absolute Gasteiger partial charge is 0.295 e. The lowest BCUT2D eigenvalue weighted by molar-refractivity contribution is 0.525. The Morgan fingerprint density at radius 3 is 2.42 bits per heavy atom. The highest BCUT2D eigenvalue weighted by atomic mass is 14.7. The van der Waals surface area contributed by atoms with E-state index in [1.165, 1.54) is 19.3 Å². The van der Waals surface area contributed by atoms with Crippen molar-refractivity contribution in [3.8, 4) is 0 Å². The molecule has 0 aromatic rings. The fourth-order valence-corrected chi connectivity index (χ4v) is 1.12. The van der Waals surface area contributed by atoms with E-state index in [4.69, 9.17) is 0 Å². The summed E-state index contributed by atoms with van der Waals surface area (Å²) in [6.45, 7) is 8.79. The van der Waals surface area contributed by atoms with Gasteiger partial charge in [-0.15, -0.1) is 0 Å². The Hall–Kier alpha value is -0.330. The SMILES string of the molecule is CCCCC(C)CC=NC(C)C. The fraction of sp³-hybridized carbons (Fsp3) is 0.909. The minimum atomic E-state index is 0.461. The van der Waals surface area contributed by atoms with Crippen molar-refractivity contribution < 1.29 is 0 Å². The minimum Gasteiger partial charge on any atom is -0.295 e. The lowest BCUT2D eigenvalue weighted by atomic mass is 10.0. The van der Waals surface area contributed by atoms with E-state index in [0.717, 1.165) is 12.3 Å². The molecule has 0 aliphatic heterocycles. The number of unbranched alkanes of at least 4 members (excludes halogenated alkanes) is 1. The Morgan fingerprint density at radius 2 is 1.92 bits per heavy atom. The highest BCUT2D eigenvalue weighted by Gasteiger charge is 1.98. The van der Waals surface area contributed by atoms with Gasteiger partial charge in [-0.2, -0.15) is 0 Å². The monoisotopic (exact) mass is 169 g/mol. The van der Waals surface area contributed by atoms with Crippen molar-refractivity contribution in [1.29, 1.82) is 0 Å². The predicted octanol–water partition coefficient (Wildman–Crippen LogP) is 3.68. The highest BCUT2D eigenvalue weighted by Crippen LogP contribution is 2.10. The third-order valence-electron chi connectivity index (χ3n) is 1.96. The molecule has 1 unspecified atom stereocenters. The molecule has 0 heterocycles. The molecule has 0 spiro atoms. The maximum absolute atomic E-state index is 4.35. The maximum atomic E-state index is 4.35. The Kier molecular flexibility index (Phi) is 7.12. The molecule has 0 aromatic carbocycles. The van der Waals surface area contributed by atoms with Crippen LogP contribution >= 0.6 is 0 Å². The number of hydrogen-bond acceptors (Lipinski definition) is 1. The second kappa shape index (κ2) is 7.33. The summed E-state index contributed by atoms with van der Waals surface area (Å²) in [6.07, 6.45) is 7.26. The van der Waals surface area contributed by atoms with Crippen LogP contribution in [0.3, 0.4) is 0 Å². The van der Waals surface area contributed by atoms with Crippen LogP contribution in [-0.2, 0) is 0 Å². The van der Waals surface area contributed by atoms with Gasteiger partial charge in [0.05, 0.1) is 0 Å². The zero-order valence-corrected chi connectivity index (χ0v) is 9.01. The highest BCUT2D eigenvalue weighted by molar-refractivity contribution is 5.57. The van der Waals surface area contributed by atoms with E-state index < -0.39 is 0 Å². The van der Waals surface area contributed by atoms with Gasteiger partial charge in [0.1, 0.15) is 0 Å². The molecular weight excluding hydrogens is 146 g/mol. The zero-order valence-electron chi connectivity index (χ0n) is 9.01. The molecule has 0 bridgehead atoms. The third kappa shape index (κ3) is 7.77. The maximum Gasteiger partial charge on any atom is 0.0439 e. The molecular formula is C11H23N. The van der Waals surface area contributed by atoms with Crippen molar-refractivity contribution in [2.24, 2.45) is 10.9 Å². The molecule has 0 aliphatic rings.